The number of hydrogen-bond acceptors (Lipinski definition) is 4. The fourth-order valence-corrected chi connectivity index (χ4v) is 3.34. The van der Waals surface area contributed by atoms with Crippen LogP contribution in [0.15, 0.2) is 24.3 Å². The summed E-state index contributed by atoms with van der Waals surface area (Å²) in [7, 11) is 0. The molecule has 0 unspecified atom stereocenters. The Morgan fingerprint density at radius 2 is 2.04 bits per heavy atom. The highest BCUT2D eigenvalue weighted by atomic mass is 16.5. The molecule has 2 aliphatic heterocycles. The largest absolute Gasteiger partial charge is 0.491 e. The summed E-state index contributed by atoms with van der Waals surface area (Å²) in [6, 6.07) is 7.02. The Balaban J connectivity index is 1.34. The Morgan fingerprint density at radius 3 is 2.78 bits per heavy atom. The molecule has 0 bridgehead atoms. The van der Waals surface area contributed by atoms with Crippen molar-refractivity contribution in [3.8, 4) is 5.75 Å². The van der Waals surface area contributed by atoms with Crippen molar-refractivity contribution < 1.29 is 19.1 Å². The zero-order valence-electron chi connectivity index (χ0n) is 15.7. The first-order chi connectivity index (χ1) is 13.2. The summed E-state index contributed by atoms with van der Waals surface area (Å²) in [5.74, 6) is 0.941. The molecule has 0 radical (unpaired) electrons. The summed E-state index contributed by atoms with van der Waals surface area (Å²) in [5.41, 5.74) is 0.697. The van der Waals surface area contributed by atoms with Gasteiger partial charge in [0.25, 0.3) is 0 Å². The molecule has 148 valence electrons. The number of nitrogens with one attached hydrogen (secondary N) is 2. The van der Waals surface area contributed by atoms with Crippen LogP contribution in [0.3, 0.4) is 0 Å². The predicted octanol–water partition coefficient (Wildman–Crippen LogP) is 2.77. The lowest BCUT2D eigenvalue weighted by Gasteiger charge is -2.26. The molecule has 0 aliphatic carbocycles. The molecule has 0 spiro atoms. The van der Waals surface area contributed by atoms with Crippen LogP contribution in [0, 0.1) is 0 Å². The highest BCUT2D eigenvalue weighted by Crippen LogP contribution is 2.18. The maximum Gasteiger partial charge on any atom is 0.319 e. The van der Waals surface area contributed by atoms with Crippen LogP contribution in [0.1, 0.15) is 38.5 Å². The minimum absolute atomic E-state index is 0.175. The van der Waals surface area contributed by atoms with Gasteiger partial charge in [-0.25, -0.2) is 4.79 Å². The van der Waals surface area contributed by atoms with Crippen molar-refractivity contribution in [2.75, 3.05) is 38.2 Å². The van der Waals surface area contributed by atoms with Gasteiger partial charge in [0.05, 0.1) is 6.10 Å². The van der Waals surface area contributed by atoms with Crippen LogP contribution < -0.4 is 15.4 Å². The van der Waals surface area contributed by atoms with E-state index < -0.39 is 0 Å². The molecule has 2 aliphatic rings. The number of rotatable bonds is 7. The van der Waals surface area contributed by atoms with E-state index in [-0.39, 0.29) is 18.0 Å². The number of carbonyl (C=O) groups is 2. The molecule has 1 aromatic carbocycles. The van der Waals surface area contributed by atoms with Gasteiger partial charge in [-0.15, -0.1) is 0 Å². The van der Waals surface area contributed by atoms with Crippen LogP contribution in [0.25, 0.3) is 0 Å². The number of ether oxygens (including phenoxy) is 2. The summed E-state index contributed by atoms with van der Waals surface area (Å²) in [5, 5.41) is 5.58. The molecular weight excluding hydrogens is 346 g/mol. The lowest BCUT2D eigenvalue weighted by molar-refractivity contribution is -0.133. The molecule has 3 amide bonds. The lowest BCUT2D eigenvalue weighted by atomic mass is 10.1. The van der Waals surface area contributed by atoms with Crippen molar-refractivity contribution in [2.45, 2.75) is 44.6 Å². The van der Waals surface area contributed by atoms with Gasteiger partial charge in [0.2, 0.25) is 5.91 Å². The number of urea groups is 1. The Kier molecular flexibility index (Phi) is 7.33. The summed E-state index contributed by atoms with van der Waals surface area (Å²) in [6.07, 6.45) is 6.17. The second kappa shape index (κ2) is 10.2. The van der Waals surface area contributed by atoms with Gasteiger partial charge >= 0.3 is 6.03 Å². The van der Waals surface area contributed by atoms with E-state index >= 15 is 0 Å². The van der Waals surface area contributed by atoms with E-state index in [0.29, 0.717) is 31.8 Å². The van der Waals surface area contributed by atoms with Gasteiger partial charge < -0.3 is 25.0 Å². The van der Waals surface area contributed by atoms with Gasteiger partial charge in [0.15, 0.2) is 0 Å². The Hall–Kier alpha value is -2.28. The van der Waals surface area contributed by atoms with Crippen molar-refractivity contribution >= 4 is 17.6 Å². The van der Waals surface area contributed by atoms with E-state index in [1.54, 1.807) is 0 Å². The predicted molar refractivity (Wildman–Crippen MR) is 103 cm³/mol. The quantitative estimate of drug-likeness (QED) is 0.768. The van der Waals surface area contributed by atoms with Crippen molar-refractivity contribution in [3.63, 3.8) is 0 Å². The molecule has 1 atom stereocenters. The molecule has 2 heterocycles. The van der Waals surface area contributed by atoms with Gasteiger partial charge in [-0.05, 0) is 56.4 Å². The summed E-state index contributed by atoms with van der Waals surface area (Å²) in [4.78, 5) is 25.5. The average molecular weight is 375 g/mol. The number of benzene rings is 1. The van der Waals surface area contributed by atoms with E-state index in [4.69, 9.17) is 9.47 Å². The monoisotopic (exact) mass is 375 g/mol. The molecule has 2 N–H and O–H groups in total. The molecule has 3 rings (SSSR count). The maximum atomic E-state index is 12.0. The van der Waals surface area contributed by atoms with Gasteiger partial charge in [-0.3, -0.25) is 4.79 Å². The Morgan fingerprint density at radius 1 is 1.19 bits per heavy atom. The standard InChI is InChI=1S/C20H29N3O4/c24-19-6-1-3-12-23(19)13-11-21-20(25)22-16-7-9-17(10-8-16)27-15-18-5-2-4-14-26-18/h7-10,18H,1-6,11-15H2,(H2,21,22,25)/t18-/m1/s1. The molecule has 2 saturated heterocycles. The molecule has 0 aromatic heterocycles. The van der Waals surface area contributed by atoms with Crippen LogP contribution >= 0.6 is 0 Å². The van der Waals surface area contributed by atoms with Gasteiger partial charge in [0, 0.05) is 38.3 Å². The first-order valence-electron chi connectivity index (χ1n) is 9.88. The van der Waals surface area contributed by atoms with Gasteiger partial charge in [-0.1, -0.05) is 0 Å². The number of nitrogens with zero attached hydrogens (tertiary/aromatic N) is 1. The molecule has 2 fully saturated rings. The number of carbonyl (C=O) groups excluding carboxylic acids is 2. The fourth-order valence-electron chi connectivity index (χ4n) is 3.34. The molecule has 27 heavy (non-hydrogen) atoms. The maximum absolute atomic E-state index is 12.0. The highest BCUT2D eigenvalue weighted by molar-refractivity contribution is 5.89. The second-order valence-corrected chi connectivity index (χ2v) is 7.04. The number of likely N-dealkylation sites (tertiary alicyclic amines) is 1. The van der Waals surface area contributed by atoms with E-state index in [1.807, 2.05) is 29.2 Å². The van der Waals surface area contributed by atoms with Crippen LogP contribution in [0.4, 0.5) is 10.5 Å². The minimum atomic E-state index is -0.274. The second-order valence-electron chi connectivity index (χ2n) is 7.04. The zero-order valence-corrected chi connectivity index (χ0v) is 15.7. The Bertz CT molecular complexity index is 614. The number of amides is 3. The van der Waals surface area contributed by atoms with Crippen LogP contribution in [-0.2, 0) is 9.53 Å². The van der Waals surface area contributed by atoms with Crippen LogP contribution in [0.2, 0.25) is 0 Å². The SMILES string of the molecule is O=C(NCCN1CCCCC1=O)Nc1ccc(OC[C@H]2CCCCO2)cc1. The molecule has 0 saturated carbocycles. The van der Waals surface area contributed by atoms with E-state index in [1.165, 1.54) is 6.42 Å². The van der Waals surface area contributed by atoms with Crippen molar-refractivity contribution in [1.82, 2.24) is 10.2 Å². The third kappa shape index (κ3) is 6.43. The minimum Gasteiger partial charge on any atom is -0.491 e. The number of hydrogen-bond donors (Lipinski definition) is 2. The van der Waals surface area contributed by atoms with E-state index in [2.05, 4.69) is 10.6 Å². The number of piperidine rings is 1. The third-order valence-electron chi connectivity index (χ3n) is 4.91. The molecular formula is C20H29N3O4. The van der Waals surface area contributed by atoms with Crippen LogP contribution in [0.5, 0.6) is 5.75 Å². The summed E-state index contributed by atoms with van der Waals surface area (Å²) in [6.45, 7) is 3.16. The van der Waals surface area contributed by atoms with Crippen molar-refractivity contribution in [3.05, 3.63) is 24.3 Å². The molecule has 7 heteroatoms. The molecule has 7 nitrogen and oxygen atoms in total. The fraction of sp³-hybridized carbons (Fsp3) is 0.600. The van der Waals surface area contributed by atoms with E-state index in [0.717, 1.165) is 44.6 Å². The van der Waals surface area contributed by atoms with Gasteiger partial charge in [-0.2, -0.15) is 0 Å². The van der Waals surface area contributed by atoms with Crippen molar-refractivity contribution in [1.29, 1.82) is 0 Å². The van der Waals surface area contributed by atoms with Crippen LogP contribution in [-0.4, -0.2) is 55.8 Å². The first-order valence-corrected chi connectivity index (χ1v) is 9.88. The van der Waals surface area contributed by atoms with Crippen molar-refractivity contribution in [2.24, 2.45) is 0 Å². The number of anilines is 1. The topological polar surface area (TPSA) is 79.9 Å². The summed E-state index contributed by atoms with van der Waals surface area (Å²) >= 11 is 0. The van der Waals surface area contributed by atoms with Gasteiger partial charge in [0.1, 0.15) is 12.4 Å². The lowest BCUT2D eigenvalue weighted by Crippen LogP contribution is -2.41. The highest BCUT2D eigenvalue weighted by Gasteiger charge is 2.17. The normalized spacial score (nSPS) is 20.2. The average Bonchev–Trinajstić information content (AvgIpc) is 2.70. The third-order valence-corrected chi connectivity index (χ3v) is 4.91. The molecule has 1 aromatic rings. The first kappa shape index (κ1) is 19.5. The van der Waals surface area contributed by atoms with E-state index in [9.17, 15) is 9.59 Å². The summed E-state index contributed by atoms with van der Waals surface area (Å²) < 4.78 is 11.4. The smallest absolute Gasteiger partial charge is 0.319 e. The zero-order chi connectivity index (χ0) is 18.9. The Labute approximate surface area is 160 Å².